The molecule has 0 aromatic heterocycles. The molecule has 1 heterocycles. The number of aryl methyl sites for hydroxylation is 1. The number of nitrogens with one attached hydrogen (secondary N) is 1. The van der Waals surface area contributed by atoms with Crippen LogP contribution >= 0.6 is 11.8 Å². The smallest absolute Gasteiger partial charge is 0.255 e. The molecule has 0 aliphatic carbocycles. The fraction of sp³-hybridized carbons (Fsp3) is 0.381. The molecular weight excluding hydrogens is 408 g/mol. The Labute approximate surface area is 177 Å². The molecule has 2 aromatic rings. The van der Waals surface area contributed by atoms with Crippen LogP contribution in [-0.2, 0) is 10.0 Å². The Balaban J connectivity index is 0.00000145. The maximum absolute atomic E-state index is 12.7. The fourth-order valence-electron chi connectivity index (χ4n) is 2.87. The summed E-state index contributed by atoms with van der Waals surface area (Å²) in [4.78, 5) is 12.7. The summed E-state index contributed by atoms with van der Waals surface area (Å²) in [6.07, 6.45) is 0. The first-order valence-corrected chi connectivity index (χ1v) is 12.2. The molecule has 29 heavy (non-hydrogen) atoms. The van der Waals surface area contributed by atoms with E-state index >= 15 is 0 Å². The normalized spacial score (nSPS) is 14.5. The zero-order valence-electron chi connectivity index (χ0n) is 17.3. The maximum atomic E-state index is 12.7. The summed E-state index contributed by atoms with van der Waals surface area (Å²) in [5.41, 5.74) is 1.92. The molecule has 2 aromatic carbocycles. The lowest BCUT2D eigenvalue weighted by Crippen LogP contribution is -2.37. The van der Waals surface area contributed by atoms with Crippen molar-refractivity contribution in [3.8, 4) is 5.75 Å². The van der Waals surface area contributed by atoms with Gasteiger partial charge in [-0.1, -0.05) is 13.8 Å². The molecule has 0 bridgehead atoms. The number of nitrogens with zero attached hydrogens (tertiary/aromatic N) is 1. The van der Waals surface area contributed by atoms with E-state index in [1.54, 1.807) is 49.2 Å². The minimum Gasteiger partial charge on any atom is -0.496 e. The van der Waals surface area contributed by atoms with Crippen LogP contribution in [-0.4, -0.2) is 50.3 Å². The van der Waals surface area contributed by atoms with Gasteiger partial charge in [0.2, 0.25) is 10.0 Å². The van der Waals surface area contributed by atoms with Gasteiger partial charge in [0.25, 0.3) is 5.91 Å². The van der Waals surface area contributed by atoms with Gasteiger partial charge in [-0.15, -0.1) is 0 Å². The van der Waals surface area contributed by atoms with Crippen molar-refractivity contribution in [2.24, 2.45) is 0 Å². The average Bonchev–Trinajstić information content (AvgIpc) is 2.76. The third kappa shape index (κ3) is 5.74. The number of sulfonamides is 1. The maximum Gasteiger partial charge on any atom is 0.255 e. The molecular formula is C21H28N2O4S2. The number of hydrogen-bond acceptors (Lipinski definition) is 5. The van der Waals surface area contributed by atoms with E-state index < -0.39 is 10.0 Å². The molecule has 8 heteroatoms. The summed E-state index contributed by atoms with van der Waals surface area (Å²) >= 11 is 1.76. The molecule has 1 N–H and O–H groups in total. The van der Waals surface area contributed by atoms with E-state index in [-0.39, 0.29) is 10.8 Å². The van der Waals surface area contributed by atoms with E-state index in [1.165, 1.54) is 16.4 Å². The van der Waals surface area contributed by atoms with E-state index in [9.17, 15) is 13.2 Å². The topological polar surface area (TPSA) is 75.7 Å². The SMILES string of the molecule is CC.COc1ccc(C(=O)Nc2ccc(S(=O)(=O)N3CCSCC3)cc2)cc1C. The van der Waals surface area contributed by atoms with Gasteiger partial charge in [0.05, 0.1) is 12.0 Å². The Bertz CT molecular complexity index is 922. The van der Waals surface area contributed by atoms with E-state index in [2.05, 4.69) is 5.32 Å². The molecule has 0 unspecified atom stereocenters. The highest BCUT2D eigenvalue weighted by atomic mass is 32.2. The van der Waals surface area contributed by atoms with E-state index in [4.69, 9.17) is 4.74 Å². The van der Waals surface area contributed by atoms with Crippen molar-refractivity contribution in [1.29, 1.82) is 0 Å². The highest BCUT2D eigenvalue weighted by Crippen LogP contribution is 2.23. The first-order valence-electron chi connectivity index (χ1n) is 9.56. The molecule has 3 rings (SSSR count). The molecule has 1 saturated heterocycles. The van der Waals surface area contributed by atoms with Crippen LogP contribution < -0.4 is 10.1 Å². The van der Waals surface area contributed by atoms with Crippen LogP contribution in [0.1, 0.15) is 29.8 Å². The molecule has 0 saturated carbocycles. The van der Waals surface area contributed by atoms with E-state index in [0.29, 0.717) is 24.3 Å². The zero-order chi connectivity index (χ0) is 21.4. The summed E-state index contributed by atoms with van der Waals surface area (Å²) < 4.78 is 32.0. The van der Waals surface area contributed by atoms with Crippen LogP contribution in [0, 0.1) is 6.92 Å². The number of ether oxygens (including phenoxy) is 1. The molecule has 0 atom stereocenters. The number of carbonyl (C=O) groups excluding carboxylic acids is 1. The predicted octanol–water partition coefficient (Wildman–Crippen LogP) is 4.02. The molecule has 6 nitrogen and oxygen atoms in total. The third-order valence-electron chi connectivity index (χ3n) is 4.38. The van der Waals surface area contributed by atoms with Crippen LogP contribution in [0.15, 0.2) is 47.4 Å². The lowest BCUT2D eigenvalue weighted by atomic mass is 10.1. The summed E-state index contributed by atoms with van der Waals surface area (Å²) in [5.74, 6) is 2.09. The van der Waals surface area contributed by atoms with Gasteiger partial charge >= 0.3 is 0 Å². The Morgan fingerprint density at radius 3 is 2.24 bits per heavy atom. The summed E-state index contributed by atoms with van der Waals surface area (Å²) in [5, 5.41) is 2.79. The van der Waals surface area contributed by atoms with Crippen molar-refractivity contribution in [2.45, 2.75) is 25.7 Å². The van der Waals surface area contributed by atoms with Gasteiger partial charge in [-0.25, -0.2) is 8.42 Å². The van der Waals surface area contributed by atoms with Crippen molar-refractivity contribution in [3.05, 3.63) is 53.6 Å². The van der Waals surface area contributed by atoms with Gasteiger partial charge in [-0.3, -0.25) is 4.79 Å². The van der Waals surface area contributed by atoms with Crippen molar-refractivity contribution >= 4 is 33.4 Å². The van der Waals surface area contributed by atoms with E-state index in [1.807, 2.05) is 20.8 Å². The second-order valence-corrected chi connectivity index (χ2v) is 9.34. The quantitative estimate of drug-likeness (QED) is 0.766. The van der Waals surface area contributed by atoms with Gasteiger partial charge in [0, 0.05) is 35.8 Å². The number of hydrogen-bond donors (Lipinski definition) is 1. The van der Waals surface area contributed by atoms with Crippen LogP contribution in [0.3, 0.4) is 0 Å². The number of methoxy groups -OCH3 is 1. The highest BCUT2D eigenvalue weighted by molar-refractivity contribution is 7.99. The van der Waals surface area contributed by atoms with Gasteiger partial charge in [-0.05, 0) is 55.0 Å². The van der Waals surface area contributed by atoms with Gasteiger partial charge in [-0.2, -0.15) is 16.1 Å². The number of carbonyl (C=O) groups is 1. The first-order chi connectivity index (χ1) is 13.9. The third-order valence-corrected chi connectivity index (χ3v) is 7.23. The Hall–Kier alpha value is -2.03. The Morgan fingerprint density at radius 1 is 1.07 bits per heavy atom. The average molecular weight is 437 g/mol. The molecule has 1 aliphatic rings. The fourth-order valence-corrected chi connectivity index (χ4v) is 5.44. The lowest BCUT2D eigenvalue weighted by molar-refractivity contribution is 0.102. The van der Waals surface area contributed by atoms with Gasteiger partial charge in [0.15, 0.2) is 0 Å². The van der Waals surface area contributed by atoms with Crippen molar-refractivity contribution in [3.63, 3.8) is 0 Å². The molecule has 158 valence electrons. The summed E-state index contributed by atoms with van der Waals surface area (Å²) in [7, 11) is -1.90. The number of rotatable bonds is 5. The first kappa shape index (κ1) is 23.3. The second kappa shape index (κ2) is 10.7. The molecule has 1 amide bonds. The zero-order valence-corrected chi connectivity index (χ0v) is 18.9. The molecule has 1 fully saturated rings. The van der Waals surface area contributed by atoms with Crippen molar-refractivity contribution in [1.82, 2.24) is 4.31 Å². The van der Waals surface area contributed by atoms with Gasteiger partial charge < -0.3 is 10.1 Å². The number of thioether (sulfide) groups is 1. The Kier molecular flexibility index (Phi) is 8.55. The lowest BCUT2D eigenvalue weighted by Gasteiger charge is -2.25. The largest absolute Gasteiger partial charge is 0.496 e. The highest BCUT2D eigenvalue weighted by Gasteiger charge is 2.26. The number of benzene rings is 2. The Morgan fingerprint density at radius 2 is 1.69 bits per heavy atom. The summed E-state index contributed by atoms with van der Waals surface area (Å²) in [6.45, 7) is 6.93. The monoisotopic (exact) mass is 436 g/mol. The molecule has 1 aliphatic heterocycles. The van der Waals surface area contributed by atoms with Crippen LogP contribution in [0.4, 0.5) is 5.69 Å². The van der Waals surface area contributed by atoms with Crippen LogP contribution in [0.25, 0.3) is 0 Å². The summed E-state index contributed by atoms with van der Waals surface area (Å²) in [6, 6.07) is 11.5. The molecule has 0 spiro atoms. The minimum absolute atomic E-state index is 0.243. The van der Waals surface area contributed by atoms with Gasteiger partial charge in [0.1, 0.15) is 5.75 Å². The van der Waals surface area contributed by atoms with Crippen molar-refractivity contribution in [2.75, 3.05) is 37.0 Å². The predicted molar refractivity (Wildman–Crippen MR) is 120 cm³/mol. The van der Waals surface area contributed by atoms with Crippen LogP contribution in [0.5, 0.6) is 5.75 Å². The van der Waals surface area contributed by atoms with Crippen LogP contribution in [0.2, 0.25) is 0 Å². The standard InChI is InChI=1S/C19H22N2O4S2.C2H6/c1-14-13-15(3-8-18(14)25-2)19(22)20-16-4-6-17(7-5-16)27(23,24)21-9-11-26-12-10-21;1-2/h3-8,13H,9-12H2,1-2H3,(H,20,22);1-2H3. The number of anilines is 1. The number of amides is 1. The van der Waals surface area contributed by atoms with Crippen molar-refractivity contribution < 1.29 is 17.9 Å². The van der Waals surface area contributed by atoms with E-state index in [0.717, 1.165) is 22.8 Å². The minimum atomic E-state index is -3.48. The molecule has 0 radical (unpaired) electrons. The second-order valence-electron chi connectivity index (χ2n) is 6.18.